The maximum Gasteiger partial charge on any atom is 0.153 e. The van der Waals surface area contributed by atoms with E-state index < -0.39 is 0 Å². The fourth-order valence-electron chi connectivity index (χ4n) is 2.94. The molecule has 0 atom stereocenters. The van der Waals surface area contributed by atoms with Gasteiger partial charge in [0.05, 0.1) is 0 Å². The standard InChI is InChI=1S/C17H21N5/c1-11-12(2)17(20-22(13(3)18)16(11)19)21-9-8-14-6-4-5-7-15(14)10-21/h4-7,18-19H,8-10H2,1-3H3. The van der Waals surface area contributed by atoms with Crippen LogP contribution in [0.25, 0.3) is 0 Å². The van der Waals surface area contributed by atoms with Gasteiger partial charge in [-0.15, -0.1) is 5.10 Å². The predicted molar refractivity (Wildman–Crippen MR) is 87.6 cm³/mol. The van der Waals surface area contributed by atoms with Crippen molar-refractivity contribution in [2.75, 3.05) is 11.4 Å². The minimum Gasteiger partial charge on any atom is -0.350 e. The molecule has 3 rings (SSSR count). The zero-order valence-electron chi connectivity index (χ0n) is 13.3. The Bertz CT molecular complexity index is 803. The van der Waals surface area contributed by atoms with E-state index in [0.29, 0.717) is 5.49 Å². The van der Waals surface area contributed by atoms with Crippen molar-refractivity contribution >= 4 is 11.7 Å². The average molecular weight is 295 g/mol. The lowest BCUT2D eigenvalue weighted by atomic mass is 9.99. The van der Waals surface area contributed by atoms with Gasteiger partial charge in [0, 0.05) is 18.7 Å². The van der Waals surface area contributed by atoms with Crippen LogP contribution in [0.5, 0.6) is 0 Å². The summed E-state index contributed by atoms with van der Waals surface area (Å²) >= 11 is 0. The largest absolute Gasteiger partial charge is 0.350 e. The smallest absolute Gasteiger partial charge is 0.153 e. The molecule has 0 radical (unpaired) electrons. The number of benzene rings is 1. The molecule has 0 fully saturated rings. The Morgan fingerprint density at radius 1 is 1.14 bits per heavy atom. The van der Waals surface area contributed by atoms with Crippen molar-refractivity contribution in [3.05, 3.63) is 52.0 Å². The SMILES string of the molecule is CC(=N)n1nc(N2CCc3ccccc3C2)c(C)c(C)c1=N. The van der Waals surface area contributed by atoms with Crippen LogP contribution in [0.3, 0.4) is 0 Å². The summed E-state index contributed by atoms with van der Waals surface area (Å²) in [6.45, 7) is 7.35. The van der Waals surface area contributed by atoms with Crippen LogP contribution in [0.4, 0.5) is 5.82 Å². The molecule has 5 heteroatoms. The minimum atomic E-state index is 0.270. The first kappa shape index (κ1) is 14.5. The molecule has 0 spiro atoms. The summed E-state index contributed by atoms with van der Waals surface area (Å²) in [5.74, 6) is 1.15. The third-order valence-electron chi connectivity index (χ3n) is 4.41. The van der Waals surface area contributed by atoms with Crippen LogP contribution in [0.15, 0.2) is 24.3 Å². The Morgan fingerprint density at radius 2 is 1.82 bits per heavy atom. The number of aromatic nitrogens is 2. The molecule has 0 bridgehead atoms. The van der Waals surface area contributed by atoms with Crippen molar-refractivity contribution in [1.29, 1.82) is 10.8 Å². The fourth-order valence-corrected chi connectivity index (χ4v) is 2.94. The van der Waals surface area contributed by atoms with Crippen LogP contribution in [0.2, 0.25) is 0 Å². The van der Waals surface area contributed by atoms with Crippen LogP contribution >= 0.6 is 0 Å². The van der Waals surface area contributed by atoms with E-state index in [1.54, 1.807) is 6.92 Å². The van der Waals surface area contributed by atoms with Crippen molar-refractivity contribution in [2.24, 2.45) is 0 Å². The van der Waals surface area contributed by atoms with Gasteiger partial charge in [0.15, 0.2) is 11.3 Å². The first-order valence-corrected chi connectivity index (χ1v) is 7.51. The van der Waals surface area contributed by atoms with Crippen LogP contribution in [-0.2, 0) is 13.0 Å². The molecule has 0 amide bonds. The average Bonchev–Trinajstić information content (AvgIpc) is 2.52. The first-order chi connectivity index (χ1) is 10.5. The molecule has 1 aromatic carbocycles. The number of anilines is 1. The summed E-state index contributed by atoms with van der Waals surface area (Å²) in [5, 5.41) is 20.5. The molecule has 0 saturated carbocycles. The number of nitrogens with zero attached hydrogens (tertiary/aromatic N) is 3. The Kier molecular flexibility index (Phi) is 3.56. The first-order valence-electron chi connectivity index (χ1n) is 7.51. The third-order valence-corrected chi connectivity index (χ3v) is 4.41. The van der Waals surface area contributed by atoms with Crippen molar-refractivity contribution in [1.82, 2.24) is 9.78 Å². The van der Waals surface area contributed by atoms with E-state index in [1.807, 2.05) is 13.8 Å². The lowest BCUT2D eigenvalue weighted by molar-refractivity contribution is 0.685. The van der Waals surface area contributed by atoms with E-state index in [4.69, 9.17) is 10.8 Å². The topological polar surface area (TPSA) is 68.8 Å². The molecule has 0 saturated heterocycles. The van der Waals surface area contributed by atoms with Gasteiger partial charge in [-0.05, 0) is 43.9 Å². The van der Waals surface area contributed by atoms with Crippen LogP contribution in [0, 0.1) is 24.7 Å². The van der Waals surface area contributed by atoms with E-state index in [-0.39, 0.29) is 5.84 Å². The second-order valence-corrected chi connectivity index (χ2v) is 5.86. The number of nitrogens with one attached hydrogen (secondary N) is 2. The maximum atomic E-state index is 8.14. The summed E-state index contributed by atoms with van der Waals surface area (Å²) in [5.41, 5.74) is 4.95. The van der Waals surface area contributed by atoms with Gasteiger partial charge in [-0.3, -0.25) is 10.8 Å². The zero-order valence-corrected chi connectivity index (χ0v) is 13.3. The molecule has 1 aromatic heterocycles. The highest BCUT2D eigenvalue weighted by molar-refractivity contribution is 5.78. The number of rotatable bonds is 1. The molecule has 0 aliphatic carbocycles. The van der Waals surface area contributed by atoms with Crippen molar-refractivity contribution in [2.45, 2.75) is 33.7 Å². The van der Waals surface area contributed by atoms with E-state index in [0.717, 1.165) is 36.5 Å². The highest BCUT2D eigenvalue weighted by Gasteiger charge is 2.21. The van der Waals surface area contributed by atoms with Crippen LogP contribution < -0.4 is 10.4 Å². The number of fused-ring (bicyclic) bond motifs is 1. The molecular formula is C17H21N5. The Balaban J connectivity index is 2.06. The molecule has 2 heterocycles. The van der Waals surface area contributed by atoms with Crippen LogP contribution in [-0.4, -0.2) is 22.2 Å². The van der Waals surface area contributed by atoms with Crippen LogP contribution in [0.1, 0.15) is 29.2 Å². The molecule has 2 aromatic rings. The summed E-state index contributed by atoms with van der Waals surface area (Å²) in [6, 6.07) is 8.51. The summed E-state index contributed by atoms with van der Waals surface area (Å²) in [7, 11) is 0. The van der Waals surface area contributed by atoms with Crippen molar-refractivity contribution < 1.29 is 0 Å². The molecule has 5 nitrogen and oxygen atoms in total. The van der Waals surface area contributed by atoms with E-state index >= 15 is 0 Å². The zero-order chi connectivity index (χ0) is 15.9. The van der Waals surface area contributed by atoms with Gasteiger partial charge in [-0.2, -0.15) is 0 Å². The van der Waals surface area contributed by atoms with Gasteiger partial charge in [0.2, 0.25) is 0 Å². The van der Waals surface area contributed by atoms with Gasteiger partial charge < -0.3 is 4.90 Å². The fraction of sp³-hybridized carbons (Fsp3) is 0.353. The molecular weight excluding hydrogens is 274 g/mol. The maximum absolute atomic E-state index is 8.14. The second kappa shape index (κ2) is 5.40. The van der Waals surface area contributed by atoms with E-state index in [1.165, 1.54) is 15.8 Å². The Hall–Kier alpha value is -2.43. The van der Waals surface area contributed by atoms with Gasteiger partial charge in [-0.25, -0.2) is 4.68 Å². The number of hydrogen-bond acceptors (Lipinski definition) is 4. The highest BCUT2D eigenvalue weighted by atomic mass is 15.4. The molecule has 2 N–H and O–H groups in total. The Morgan fingerprint density at radius 3 is 2.50 bits per heavy atom. The molecule has 0 unspecified atom stereocenters. The van der Waals surface area contributed by atoms with Crippen molar-refractivity contribution in [3.8, 4) is 0 Å². The summed E-state index contributed by atoms with van der Waals surface area (Å²) < 4.78 is 1.41. The van der Waals surface area contributed by atoms with Gasteiger partial charge in [-0.1, -0.05) is 24.3 Å². The lowest BCUT2D eigenvalue weighted by Crippen LogP contribution is -2.37. The Labute approximate surface area is 130 Å². The monoisotopic (exact) mass is 295 g/mol. The quantitative estimate of drug-likeness (QED) is 0.626. The van der Waals surface area contributed by atoms with Gasteiger partial charge in [0.25, 0.3) is 0 Å². The highest BCUT2D eigenvalue weighted by Crippen LogP contribution is 2.25. The number of hydrogen-bond donors (Lipinski definition) is 2. The summed E-state index contributed by atoms with van der Waals surface area (Å²) in [6.07, 6.45) is 1.00. The predicted octanol–water partition coefficient (Wildman–Crippen LogP) is 2.39. The lowest BCUT2D eigenvalue weighted by Gasteiger charge is -2.31. The summed E-state index contributed by atoms with van der Waals surface area (Å²) in [4.78, 5) is 2.25. The minimum absolute atomic E-state index is 0.270. The molecule has 1 aliphatic rings. The molecule has 22 heavy (non-hydrogen) atoms. The van der Waals surface area contributed by atoms with E-state index in [9.17, 15) is 0 Å². The van der Waals surface area contributed by atoms with Gasteiger partial charge >= 0.3 is 0 Å². The second-order valence-electron chi connectivity index (χ2n) is 5.86. The molecule has 114 valence electrons. The third kappa shape index (κ3) is 2.32. The van der Waals surface area contributed by atoms with Crippen molar-refractivity contribution in [3.63, 3.8) is 0 Å². The van der Waals surface area contributed by atoms with E-state index in [2.05, 4.69) is 34.3 Å². The normalized spacial score (nSPS) is 13.9. The molecule has 1 aliphatic heterocycles. The van der Waals surface area contributed by atoms with Gasteiger partial charge in [0.1, 0.15) is 5.84 Å².